The van der Waals surface area contributed by atoms with Crippen LogP contribution in [0.15, 0.2) is 24.3 Å². The number of likely N-dealkylation sites (tertiary alicyclic amines) is 1. The Hall–Kier alpha value is -4.67. The Balaban J connectivity index is 1.24. The van der Waals surface area contributed by atoms with E-state index in [0.29, 0.717) is 51.4 Å². The zero-order chi connectivity index (χ0) is 36.3. The third-order valence-electron chi connectivity index (χ3n) is 9.11. The minimum Gasteiger partial charge on any atom is -0.398 e. The number of aryl methyl sites for hydroxylation is 1. The van der Waals surface area contributed by atoms with Gasteiger partial charge in [-0.2, -0.15) is 0 Å². The van der Waals surface area contributed by atoms with Crippen LogP contribution in [0.2, 0.25) is 5.15 Å². The van der Waals surface area contributed by atoms with Crippen LogP contribution in [0, 0.1) is 24.4 Å². The van der Waals surface area contributed by atoms with Gasteiger partial charge in [0.25, 0.3) is 17.7 Å². The van der Waals surface area contributed by atoms with Crippen LogP contribution in [0.4, 0.5) is 36.2 Å². The molecule has 0 unspecified atom stereocenters. The molecule has 2 aliphatic heterocycles. The van der Waals surface area contributed by atoms with Gasteiger partial charge in [0.05, 0.1) is 23.4 Å². The fourth-order valence-corrected chi connectivity index (χ4v) is 6.67. The highest BCUT2D eigenvalue weighted by atomic mass is 35.5. The quantitative estimate of drug-likeness (QED) is 0.206. The van der Waals surface area contributed by atoms with Crippen LogP contribution >= 0.6 is 11.6 Å². The Morgan fingerprint density at radius 2 is 1.66 bits per heavy atom. The number of rotatable bonds is 9. The minimum atomic E-state index is -1.25. The molecule has 2 aliphatic rings. The standard InChI is InChI=1S/C33H39ClF3N9O4/c1-3-18-16-45(30-28(34)42-27(29(39)43-30)32(49)40-6-11-47)9-10-46(18)19-4-7-44(8-5-19)33(50)21-13-23(36)24(37)15-26(21)41-31(48)20-12-17(2)22(35)14-25(20)38/h12-15,18-19,47H,3-11,16,38H2,1-2H3,(H2,39,43)(H,40,49)(H,41,48)/t18-/m0/s1. The minimum absolute atomic E-state index is 0.0329. The number of benzene rings is 2. The van der Waals surface area contributed by atoms with E-state index in [0.717, 1.165) is 24.6 Å². The Morgan fingerprint density at radius 3 is 2.34 bits per heavy atom. The second-order valence-corrected chi connectivity index (χ2v) is 12.6. The van der Waals surface area contributed by atoms with Gasteiger partial charge in [-0.1, -0.05) is 18.5 Å². The van der Waals surface area contributed by atoms with Crippen molar-refractivity contribution in [3.8, 4) is 0 Å². The van der Waals surface area contributed by atoms with Crippen molar-refractivity contribution < 1.29 is 32.7 Å². The zero-order valence-corrected chi connectivity index (χ0v) is 28.4. The summed E-state index contributed by atoms with van der Waals surface area (Å²) in [6.07, 6.45) is 2.03. The number of amides is 3. The smallest absolute Gasteiger partial charge is 0.273 e. The molecule has 0 radical (unpaired) electrons. The number of nitrogens with zero attached hydrogens (tertiary/aromatic N) is 5. The molecule has 0 aliphatic carbocycles. The number of hydrogen-bond acceptors (Lipinski definition) is 10. The molecular formula is C33H39ClF3N9O4. The first kappa shape index (κ1) is 36.6. The van der Waals surface area contributed by atoms with Gasteiger partial charge in [-0.15, -0.1) is 0 Å². The van der Waals surface area contributed by atoms with Crippen molar-refractivity contribution in [2.75, 3.05) is 67.6 Å². The molecule has 50 heavy (non-hydrogen) atoms. The number of aliphatic hydroxyl groups is 1. The van der Waals surface area contributed by atoms with E-state index in [1.54, 1.807) is 4.90 Å². The molecule has 0 bridgehead atoms. The molecule has 1 aromatic heterocycles. The fraction of sp³-hybridized carbons (Fsp3) is 0.424. The van der Waals surface area contributed by atoms with Crippen molar-refractivity contribution in [2.45, 2.75) is 45.2 Å². The van der Waals surface area contributed by atoms with E-state index < -0.39 is 35.2 Å². The number of nitrogens with two attached hydrogens (primary N) is 2. The summed E-state index contributed by atoms with van der Waals surface area (Å²) >= 11 is 6.45. The third kappa shape index (κ3) is 7.71. The maximum atomic E-state index is 14.4. The lowest BCUT2D eigenvalue weighted by Crippen LogP contribution is -2.58. The largest absolute Gasteiger partial charge is 0.398 e. The molecule has 2 saturated heterocycles. The van der Waals surface area contributed by atoms with Crippen molar-refractivity contribution in [3.63, 3.8) is 0 Å². The highest BCUT2D eigenvalue weighted by molar-refractivity contribution is 6.32. The van der Waals surface area contributed by atoms with Crippen LogP contribution in [0.3, 0.4) is 0 Å². The van der Waals surface area contributed by atoms with Gasteiger partial charge >= 0.3 is 0 Å². The number of aliphatic hydroxyl groups excluding tert-OH is 1. The molecule has 7 N–H and O–H groups in total. The first-order valence-electron chi connectivity index (χ1n) is 16.2. The third-order valence-corrected chi connectivity index (χ3v) is 9.36. The second-order valence-electron chi connectivity index (χ2n) is 12.3. The number of carbonyl (C=O) groups excluding carboxylic acids is 3. The van der Waals surface area contributed by atoms with E-state index in [1.165, 1.54) is 13.0 Å². The number of nitrogens with one attached hydrogen (secondary N) is 2. The molecule has 0 spiro atoms. The monoisotopic (exact) mass is 717 g/mol. The van der Waals surface area contributed by atoms with Gasteiger partial charge in [-0.3, -0.25) is 19.3 Å². The van der Waals surface area contributed by atoms with Crippen LogP contribution in [-0.4, -0.2) is 101 Å². The van der Waals surface area contributed by atoms with E-state index in [9.17, 15) is 27.6 Å². The average molecular weight is 718 g/mol. The molecule has 1 atom stereocenters. The van der Waals surface area contributed by atoms with Crippen LogP contribution in [0.5, 0.6) is 0 Å². The number of hydrogen-bond donors (Lipinski definition) is 5. The van der Waals surface area contributed by atoms with Crippen LogP contribution in [-0.2, 0) is 0 Å². The summed E-state index contributed by atoms with van der Waals surface area (Å²) < 4.78 is 42.6. The average Bonchev–Trinajstić information content (AvgIpc) is 3.10. The summed E-state index contributed by atoms with van der Waals surface area (Å²) in [6.45, 7) is 5.75. The lowest BCUT2D eigenvalue weighted by Gasteiger charge is -2.47. The molecule has 3 aromatic rings. The number of nitrogen functional groups attached to an aromatic ring is 2. The highest BCUT2D eigenvalue weighted by Crippen LogP contribution is 2.31. The van der Waals surface area contributed by atoms with Crippen molar-refractivity contribution in [3.05, 3.63) is 69.3 Å². The number of carbonyl (C=O) groups is 3. The van der Waals surface area contributed by atoms with Gasteiger partial charge in [0, 0.05) is 63.1 Å². The van der Waals surface area contributed by atoms with Crippen molar-refractivity contribution in [2.24, 2.45) is 0 Å². The Bertz CT molecular complexity index is 1790. The van der Waals surface area contributed by atoms with Gasteiger partial charge < -0.3 is 37.0 Å². The van der Waals surface area contributed by atoms with Gasteiger partial charge in [0.15, 0.2) is 34.1 Å². The maximum Gasteiger partial charge on any atom is 0.273 e. The van der Waals surface area contributed by atoms with Gasteiger partial charge in [-0.25, -0.2) is 23.1 Å². The first-order chi connectivity index (χ1) is 23.8. The molecule has 2 aromatic carbocycles. The normalized spacial score (nSPS) is 17.1. The Labute approximate surface area is 291 Å². The number of piperidine rings is 1. The number of aromatic nitrogens is 2. The molecule has 0 saturated carbocycles. The summed E-state index contributed by atoms with van der Waals surface area (Å²) in [4.78, 5) is 53.5. The molecule has 3 amide bonds. The van der Waals surface area contributed by atoms with Gasteiger partial charge in [0.1, 0.15) is 5.82 Å². The van der Waals surface area contributed by atoms with Crippen LogP contribution in [0.1, 0.15) is 63.0 Å². The van der Waals surface area contributed by atoms with Gasteiger partial charge in [-0.05, 0) is 49.9 Å². The summed E-state index contributed by atoms with van der Waals surface area (Å²) in [6, 6.07) is 3.97. The SMILES string of the molecule is CC[C@H]1CN(c2nc(N)c(C(=O)NCCO)nc2Cl)CCN1C1CCN(C(=O)c2cc(F)c(F)cc2NC(=O)c2cc(C)c(F)cc2N)CC1. The molecule has 5 rings (SSSR count). The Kier molecular flexibility index (Phi) is 11.3. The highest BCUT2D eigenvalue weighted by Gasteiger charge is 2.36. The summed E-state index contributed by atoms with van der Waals surface area (Å²) in [5.74, 6) is -4.77. The maximum absolute atomic E-state index is 14.4. The van der Waals surface area contributed by atoms with E-state index >= 15 is 0 Å². The molecule has 17 heteroatoms. The molecule has 13 nitrogen and oxygen atoms in total. The molecule has 2 fully saturated rings. The summed E-state index contributed by atoms with van der Waals surface area (Å²) in [7, 11) is 0. The number of piperazine rings is 1. The van der Waals surface area contributed by atoms with Crippen molar-refractivity contribution in [1.82, 2.24) is 25.1 Å². The van der Waals surface area contributed by atoms with E-state index in [4.69, 9.17) is 28.2 Å². The van der Waals surface area contributed by atoms with Crippen LogP contribution < -0.4 is 27.0 Å². The topological polar surface area (TPSA) is 183 Å². The number of anilines is 4. The summed E-state index contributed by atoms with van der Waals surface area (Å²) in [5, 5.41) is 13.9. The predicted octanol–water partition coefficient (Wildman–Crippen LogP) is 3.20. The van der Waals surface area contributed by atoms with Crippen molar-refractivity contribution in [1.29, 1.82) is 0 Å². The second kappa shape index (κ2) is 15.5. The van der Waals surface area contributed by atoms with E-state index in [1.807, 2.05) is 4.90 Å². The first-order valence-corrected chi connectivity index (χ1v) is 16.6. The lowest BCUT2D eigenvalue weighted by molar-refractivity contribution is 0.0491. The molecule has 268 valence electrons. The van der Waals surface area contributed by atoms with Crippen molar-refractivity contribution >= 4 is 52.3 Å². The van der Waals surface area contributed by atoms with Crippen LogP contribution in [0.25, 0.3) is 0 Å². The number of halogens is 4. The fourth-order valence-electron chi connectivity index (χ4n) is 6.43. The van der Waals surface area contributed by atoms with E-state index in [-0.39, 0.29) is 70.0 Å². The summed E-state index contributed by atoms with van der Waals surface area (Å²) in [5.41, 5.74) is 11.3. The molecular weight excluding hydrogens is 679 g/mol. The molecule has 3 heterocycles. The van der Waals surface area contributed by atoms with Gasteiger partial charge in [0.2, 0.25) is 0 Å². The Morgan fingerprint density at radius 1 is 0.960 bits per heavy atom. The predicted molar refractivity (Wildman–Crippen MR) is 183 cm³/mol. The zero-order valence-electron chi connectivity index (χ0n) is 27.6. The lowest BCUT2D eigenvalue weighted by atomic mass is 9.97. The van der Waals surface area contributed by atoms with E-state index in [2.05, 4.69) is 32.4 Å².